The Hall–Kier alpha value is -3.88. The number of carbonyl (C=O) groups is 1. The number of amides is 1. The molecule has 166 valence electrons. The summed E-state index contributed by atoms with van der Waals surface area (Å²) >= 11 is 0. The quantitative estimate of drug-likeness (QED) is 0.447. The van der Waals surface area contributed by atoms with E-state index in [2.05, 4.69) is 64.8 Å². The van der Waals surface area contributed by atoms with Gasteiger partial charge >= 0.3 is 0 Å². The van der Waals surface area contributed by atoms with E-state index in [0.29, 0.717) is 19.6 Å². The predicted molar refractivity (Wildman–Crippen MR) is 130 cm³/mol. The summed E-state index contributed by atoms with van der Waals surface area (Å²) in [7, 11) is 0. The van der Waals surface area contributed by atoms with Crippen LogP contribution >= 0.6 is 0 Å². The van der Waals surface area contributed by atoms with Gasteiger partial charge in [-0.25, -0.2) is 0 Å². The van der Waals surface area contributed by atoms with Gasteiger partial charge in [0.25, 0.3) is 5.91 Å². The first-order valence-corrected chi connectivity index (χ1v) is 11.3. The zero-order valence-corrected chi connectivity index (χ0v) is 18.6. The Bertz CT molecular complexity index is 1060. The molecule has 3 aromatic rings. The minimum absolute atomic E-state index is 0.141. The molecule has 0 saturated carbocycles. The summed E-state index contributed by atoms with van der Waals surface area (Å²) in [6.45, 7) is 3.25. The van der Waals surface area contributed by atoms with Crippen LogP contribution < -0.4 is 5.32 Å². The van der Waals surface area contributed by atoms with Gasteiger partial charge in [-0.3, -0.25) is 9.69 Å². The number of hydrogen-bond donors (Lipinski definition) is 1. The maximum Gasteiger partial charge on any atom is 0.266 e. The first-order chi connectivity index (χ1) is 16.3. The van der Waals surface area contributed by atoms with E-state index in [1.807, 2.05) is 42.5 Å². The molecule has 5 nitrogen and oxygen atoms in total. The van der Waals surface area contributed by atoms with Crippen LogP contribution in [0.5, 0.6) is 0 Å². The topological polar surface area (TPSA) is 59.4 Å². The van der Waals surface area contributed by atoms with Gasteiger partial charge in [-0.15, -0.1) is 0 Å². The van der Waals surface area contributed by atoms with Crippen molar-refractivity contribution in [1.82, 2.24) is 15.1 Å². The number of piperazine rings is 1. The van der Waals surface area contributed by atoms with Gasteiger partial charge in [0.2, 0.25) is 0 Å². The summed E-state index contributed by atoms with van der Waals surface area (Å²) in [6, 6.07) is 33.1. The summed E-state index contributed by atoms with van der Waals surface area (Å²) in [5, 5.41) is 12.6. The van der Waals surface area contributed by atoms with Crippen LogP contribution in [0.25, 0.3) is 0 Å². The Balaban J connectivity index is 1.41. The van der Waals surface area contributed by atoms with Gasteiger partial charge in [0.05, 0.1) is 6.04 Å². The lowest BCUT2D eigenvalue weighted by atomic mass is 9.96. The molecular formula is C28H28N4O. The molecule has 1 N–H and O–H groups in total. The number of hydrogen-bond acceptors (Lipinski definition) is 4. The van der Waals surface area contributed by atoms with Crippen LogP contribution in [0.3, 0.4) is 0 Å². The van der Waals surface area contributed by atoms with Crippen LogP contribution in [0, 0.1) is 11.3 Å². The number of benzene rings is 3. The lowest BCUT2D eigenvalue weighted by molar-refractivity contribution is -0.128. The van der Waals surface area contributed by atoms with Crippen LogP contribution in [0.4, 0.5) is 0 Å². The fourth-order valence-electron chi connectivity index (χ4n) is 4.25. The average molecular weight is 437 g/mol. The Kier molecular flexibility index (Phi) is 7.52. The van der Waals surface area contributed by atoms with Gasteiger partial charge in [-0.2, -0.15) is 5.26 Å². The highest BCUT2D eigenvalue weighted by Gasteiger charge is 2.29. The largest absolute Gasteiger partial charge is 0.386 e. The van der Waals surface area contributed by atoms with Crippen LogP contribution in [0.2, 0.25) is 0 Å². The van der Waals surface area contributed by atoms with E-state index in [0.717, 1.165) is 18.7 Å². The fraction of sp³-hybridized carbons (Fsp3) is 0.214. The zero-order valence-electron chi connectivity index (χ0n) is 18.6. The zero-order chi connectivity index (χ0) is 22.9. The minimum Gasteiger partial charge on any atom is -0.386 e. The number of carbonyl (C=O) groups excluding carboxylic acids is 1. The maximum atomic E-state index is 13.0. The van der Waals surface area contributed by atoms with Gasteiger partial charge in [0.1, 0.15) is 11.6 Å². The predicted octanol–water partition coefficient (Wildman–Crippen LogP) is 4.12. The molecule has 0 radical (unpaired) electrons. The van der Waals surface area contributed by atoms with Crippen molar-refractivity contribution in [2.45, 2.75) is 12.6 Å². The van der Waals surface area contributed by atoms with Crippen molar-refractivity contribution in [3.63, 3.8) is 0 Å². The highest BCUT2D eigenvalue weighted by molar-refractivity contribution is 5.97. The standard InChI is InChI=1S/C28H28N4O/c29-20-26(22-30-21-23-10-4-1-5-11-23)28(33)32-18-16-31(17-19-32)27(24-12-6-2-7-13-24)25-14-8-3-9-15-25/h1-15,22,27,30H,16-19,21H2/b26-22-. The Labute approximate surface area is 195 Å². The number of nitrogens with one attached hydrogen (secondary N) is 1. The molecule has 0 aromatic heterocycles. The highest BCUT2D eigenvalue weighted by Crippen LogP contribution is 2.29. The molecule has 1 aliphatic heterocycles. The lowest BCUT2D eigenvalue weighted by Crippen LogP contribution is -2.50. The summed E-state index contributed by atoms with van der Waals surface area (Å²) in [6.07, 6.45) is 1.54. The molecule has 0 unspecified atom stereocenters. The van der Waals surface area contributed by atoms with Crippen molar-refractivity contribution in [3.8, 4) is 6.07 Å². The van der Waals surface area contributed by atoms with E-state index in [4.69, 9.17) is 0 Å². The molecule has 1 amide bonds. The normalized spacial score (nSPS) is 14.7. The third kappa shape index (κ3) is 5.68. The third-order valence-electron chi connectivity index (χ3n) is 5.94. The second kappa shape index (κ2) is 11.1. The molecule has 4 rings (SSSR count). The van der Waals surface area contributed by atoms with Gasteiger partial charge in [-0.05, 0) is 16.7 Å². The minimum atomic E-state index is -0.214. The number of nitrogens with zero attached hydrogens (tertiary/aromatic N) is 3. The Morgan fingerprint density at radius 2 is 1.36 bits per heavy atom. The molecule has 5 heteroatoms. The molecule has 0 atom stereocenters. The highest BCUT2D eigenvalue weighted by atomic mass is 16.2. The number of nitriles is 1. The van der Waals surface area contributed by atoms with Crippen molar-refractivity contribution in [1.29, 1.82) is 5.26 Å². The first kappa shape index (κ1) is 22.3. The third-order valence-corrected chi connectivity index (χ3v) is 5.94. The van der Waals surface area contributed by atoms with Crippen molar-refractivity contribution >= 4 is 5.91 Å². The maximum absolute atomic E-state index is 13.0. The lowest BCUT2D eigenvalue weighted by Gasteiger charge is -2.39. The van der Waals surface area contributed by atoms with Gasteiger partial charge in [-0.1, -0.05) is 91.0 Å². The molecule has 1 heterocycles. The van der Waals surface area contributed by atoms with Crippen LogP contribution in [0.15, 0.2) is 103 Å². The second-order valence-corrected chi connectivity index (χ2v) is 8.09. The van der Waals surface area contributed by atoms with Gasteiger partial charge in [0.15, 0.2) is 0 Å². The van der Waals surface area contributed by atoms with E-state index in [-0.39, 0.29) is 17.5 Å². The molecule has 0 spiro atoms. The van der Waals surface area contributed by atoms with Gasteiger partial charge < -0.3 is 10.2 Å². The van der Waals surface area contributed by atoms with E-state index in [9.17, 15) is 10.1 Å². The van der Waals surface area contributed by atoms with E-state index < -0.39 is 0 Å². The summed E-state index contributed by atoms with van der Waals surface area (Å²) in [5.74, 6) is -0.214. The summed E-state index contributed by atoms with van der Waals surface area (Å²) in [5.41, 5.74) is 3.72. The molecule has 33 heavy (non-hydrogen) atoms. The molecule has 0 bridgehead atoms. The van der Waals surface area contributed by atoms with Crippen molar-refractivity contribution < 1.29 is 4.79 Å². The average Bonchev–Trinajstić information content (AvgIpc) is 2.89. The molecule has 3 aromatic carbocycles. The van der Waals surface area contributed by atoms with E-state index in [1.54, 1.807) is 11.1 Å². The molecule has 1 aliphatic rings. The molecule has 1 fully saturated rings. The van der Waals surface area contributed by atoms with Crippen molar-refractivity contribution in [2.75, 3.05) is 26.2 Å². The van der Waals surface area contributed by atoms with Crippen molar-refractivity contribution in [2.24, 2.45) is 0 Å². The Morgan fingerprint density at radius 1 is 0.848 bits per heavy atom. The monoisotopic (exact) mass is 436 g/mol. The van der Waals surface area contributed by atoms with E-state index >= 15 is 0 Å². The van der Waals surface area contributed by atoms with Crippen LogP contribution in [-0.2, 0) is 11.3 Å². The Morgan fingerprint density at radius 3 is 1.88 bits per heavy atom. The van der Waals surface area contributed by atoms with Gasteiger partial charge in [0, 0.05) is 38.9 Å². The molecular weight excluding hydrogens is 408 g/mol. The van der Waals surface area contributed by atoms with Crippen LogP contribution in [0.1, 0.15) is 22.7 Å². The van der Waals surface area contributed by atoms with Crippen molar-refractivity contribution in [3.05, 3.63) is 119 Å². The fourth-order valence-corrected chi connectivity index (χ4v) is 4.25. The first-order valence-electron chi connectivity index (χ1n) is 11.3. The smallest absolute Gasteiger partial charge is 0.266 e. The number of rotatable bonds is 7. The second-order valence-electron chi connectivity index (χ2n) is 8.09. The SMILES string of the molecule is N#C/C(=C/NCc1ccccc1)C(=O)N1CCN(C(c2ccccc2)c2ccccc2)CC1. The van der Waals surface area contributed by atoms with Crippen LogP contribution in [-0.4, -0.2) is 41.9 Å². The summed E-state index contributed by atoms with van der Waals surface area (Å²) in [4.78, 5) is 17.2. The molecule has 0 aliphatic carbocycles. The summed E-state index contributed by atoms with van der Waals surface area (Å²) < 4.78 is 0. The molecule has 1 saturated heterocycles. The van der Waals surface area contributed by atoms with E-state index in [1.165, 1.54) is 11.1 Å².